The fourth-order valence-electron chi connectivity index (χ4n) is 2.31. The number of anilines is 2. The third-order valence-electron chi connectivity index (χ3n) is 3.70. The highest BCUT2D eigenvalue weighted by Gasteiger charge is 2.18. The zero-order valence-electron chi connectivity index (χ0n) is 15.8. The Labute approximate surface area is 176 Å². The van der Waals surface area contributed by atoms with Crippen LogP contribution in [0.25, 0.3) is 0 Å². The molecule has 10 nitrogen and oxygen atoms in total. The average Bonchev–Trinajstić information content (AvgIpc) is 2.70. The highest BCUT2D eigenvalue weighted by Crippen LogP contribution is 2.28. The van der Waals surface area contributed by atoms with E-state index >= 15 is 0 Å². The smallest absolute Gasteiger partial charge is 0.306 e. The van der Waals surface area contributed by atoms with E-state index in [9.17, 15) is 24.5 Å². The van der Waals surface area contributed by atoms with Gasteiger partial charge < -0.3 is 20.1 Å². The van der Waals surface area contributed by atoms with Crippen LogP contribution in [0, 0.1) is 10.1 Å². The summed E-state index contributed by atoms with van der Waals surface area (Å²) in [6, 6.07) is 10.3. The molecule has 0 aromatic heterocycles. The van der Waals surface area contributed by atoms with Gasteiger partial charge in [0.15, 0.2) is 6.61 Å². The van der Waals surface area contributed by atoms with Crippen molar-refractivity contribution in [2.45, 2.75) is 12.8 Å². The van der Waals surface area contributed by atoms with Crippen LogP contribution in [0.1, 0.15) is 12.8 Å². The Bertz CT molecular complexity index is 965. The van der Waals surface area contributed by atoms with E-state index in [1.807, 2.05) is 0 Å². The monoisotopic (exact) mass is 435 g/mol. The van der Waals surface area contributed by atoms with Crippen LogP contribution in [0.5, 0.6) is 5.75 Å². The van der Waals surface area contributed by atoms with Gasteiger partial charge in [0.1, 0.15) is 11.4 Å². The highest BCUT2D eigenvalue weighted by molar-refractivity contribution is 6.30. The number of nitro benzene ring substituents is 1. The molecule has 11 heteroatoms. The number of nitro groups is 1. The standard InChI is InChI=1S/C19H18ClN3O7/c1-29-14-5-6-16(23(27)28)15(10-14)22-18(25)11-30-19(26)8-7-17(24)21-13-4-2-3-12(20)9-13/h2-6,9-10H,7-8,11H2,1H3,(H,21,24)(H,22,25). The molecular weight excluding hydrogens is 418 g/mol. The molecule has 0 aliphatic heterocycles. The van der Waals surface area contributed by atoms with Crippen molar-refractivity contribution in [3.05, 3.63) is 57.6 Å². The van der Waals surface area contributed by atoms with Crippen molar-refractivity contribution in [3.63, 3.8) is 0 Å². The van der Waals surface area contributed by atoms with Crippen LogP contribution in [0.4, 0.5) is 17.1 Å². The first kappa shape index (κ1) is 22.6. The third kappa shape index (κ3) is 7.06. The lowest BCUT2D eigenvalue weighted by Gasteiger charge is -2.09. The molecule has 30 heavy (non-hydrogen) atoms. The first-order chi connectivity index (χ1) is 14.3. The highest BCUT2D eigenvalue weighted by atomic mass is 35.5. The summed E-state index contributed by atoms with van der Waals surface area (Å²) < 4.78 is 9.77. The summed E-state index contributed by atoms with van der Waals surface area (Å²) in [6.45, 7) is -0.664. The number of hydrogen-bond acceptors (Lipinski definition) is 7. The number of nitrogens with one attached hydrogen (secondary N) is 2. The van der Waals surface area contributed by atoms with Crippen molar-refractivity contribution in [1.82, 2.24) is 0 Å². The van der Waals surface area contributed by atoms with Gasteiger partial charge in [-0.1, -0.05) is 17.7 Å². The lowest BCUT2D eigenvalue weighted by Crippen LogP contribution is -2.22. The molecule has 2 aromatic carbocycles. The fraction of sp³-hybridized carbons (Fsp3) is 0.211. The van der Waals surface area contributed by atoms with Crippen LogP contribution >= 0.6 is 11.6 Å². The summed E-state index contributed by atoms with van der Waals surface area (Å²) in [7, 11) is 1.37. The summed E-state index contributed by atoms with van der Waals surface area (Å²) in [5.41, 5.74) is 0.0505. The number of rotatable bonds is 9. The number of methoxy groups -OCH3 is 1. The minimum Gasteiger partial charge on any atom is -0.497 e. The third-order valence-corrected chi connectivity index (χ3v) is 3.94. The van der Waals surface area contributed by atoms with Crippen molar-refractivity contribution in [3.8, 4) is 5.75 Å². The number of ether oxygens (including phenoxy) is 2. The maximum atomic E-state index is 12.0. The molecule has 158 valence electrons. The number of hydrogen-bond donors (Lipinski definition) is 2. The molecular formula is C19H18ClN3O7. The molecule has 0 saturated heterocycles. The number of esters is 1. The van der Waals surface area contributed by atoms with Crippen molar-refractivity contribution in [2.75, 3.05) is 24.4 Å². The summed E-state index contributed by atoms with van der Waals surface area (Å²) in [4.78, 5) is 45.9. The van der Waals surface area contributed by atoms with Crippen LogP contribution in [0.2, 0.25) is 5.02 Å². The van der Waals surface area contributed by atoms with Gasteiger partial charge in [-0.25, -0.2) is 0 Å². The zero-order valence-corrected chi connectivity index (χ0v) is 16.6. The number of carbonyl (C=O) groups excluding carboxylic acids is 3. The first-order valence-corrected chi connectivity index (χ1v) is 8.99. The van der Waals surface area contributed by atoms with E-state index in [0.29, 0.717) is 16.5 Å². The largest absolute Gasteiger partial charge is 0.497 e. The Morgan fingerprint density at radius 2 is 1.83 bits per heavy atom. The van der Waals surface area contributed by atoms with Crippen LogP contribution in [0.3, 0.4) is 0 Å². The van der Waals surface area contributed by atoms with Gasteiger partial charge in [-0.15, -0.1) is 0 Å². The molecule has 0 radical (unpaired) electrons. The second kappa shape index (κ2) is 10.8. The molecule has 0 saturated carbocycles. The summed E-state index contributed by atoms with van der Waals surface area (Å²) in [6.07, 6.45) is -0.409. The van der Waals surface area contributed by atoms with E-state index in [1.54, 1.807) is 24.3 Å². The molecule has 0 atom stereocenters. The van der Waals surface area contributed by atoms with Crippen molar-refractivity contribution < 1.29 is 28.8 Å². The molecule has 0 spiro atoms. The molecule has 0 fully saturated rings. The Kier molecular flexibility index (Phi) is 8.12. The Morgan fingerprint density at radius 3 is 2.50 bits per heavy atom. The number of carbonyl (C=O) groups is 3. The average molecular weight is 436 g/mol. The number of halogens is 1. The molecule has 0 unspecified atom stereocenters. The van der Waals surface area contributed by atoms with E-state index in [0.717, 1.165) is 0 Å². The van der Waals surface area contributed by atoms with Gasteiger partial charge in [-0.05, 0) is 24.3 Å². The molecule has 0 aliphatic carbocycles. The van der Waals surface area contributed by atoms with E-state index in [4.69, 9.17) is 21.1 Å². The minimum atomic E-state index is -0.775. The van der Waals surface area contributed by atoms with Gasteiger partial charge >= 0.3 is 5.97 Å². The number of benzene rings is 2. The van der Waals surface area contributed by atoms with E-state index in [1.165, 1.54) is 25.3 Å². The first-order valence-electron chi connectivity index (χ1n) is 8.62. The Morgan fingerprint density at radius 1 is 1.07 bits per heavy atom. The lowest BCUT2D eigenvalue weighted by atomic mass is 10.2. The van der Waals surface area contributed by atoms with Crippen LogP contribution in [-0.2, 0) is 19.1 Å². The second-order valence-electron chi connectivity index (χ2n) is 5.91. The summed E-state index contributed by atoms with van der Waals surface area (Å²) in [5.74, 6) is -1.67. The maximum absolute atomic E-state index is 12.0. The van der Waals surface area contributed by atoms with Gasteiger partial charge in [0.25, 0.3) is 11.6 Å². The van der Waals surface area contributed by atoms with Crippen LogP contribution < -0.4 is 15.4 Å². The van der Waals surface area contributed by atoms with Gasteiger partial charge in [-0.2, -0.15) is 0 Å². The Hall–Kier alpha value is -3.66. The SMILES string of the molecule is COc1ccc([N+](=O)[O-])c(NC(=O)COC(=O)CCC(=O)Nc2cccc(Cl)c2)c1. The maximum Gasteiger partial charge on any atom is 0.306 e. The van der Waals surface area contributed by atoms with Gasteiger partial charge in [0.05, 0.1) is 18.5 Å². The second-order valence-corrected chi connectivity index (χ2v) is 6.34. The zero-order chi connectivity index (χ0) is 22.1. The Balaban J connectivity index is 1.80. The molecule has 0 bridgehead atoms. The van der Waals surface area contributed by atoms with E-state index < -0.39 is 29.3 Å². The molecule has 2 N–H and O–H groups in total. The fourth-order valence-corrected chi connectivity index (χ4v) is 2.50. The number of nitrogens with zero attached hydrogens (tertiary/aromatic N) is 1. The summed E-state index contributed by atoms with van der Waals surface area (Å²) in [5, 5.41) is 16.4. The van der Waals surface area contributed by atoms with Gasteiger partial charge in [-0.3, -0.25) is 24.5 Å². The quantitative estimate of drug-likeness (QED) is 0.350. The summed E-state index contributed by atoms with van der Waals surface area (Å²) >= 11 is 5.82. The molecule has 2 amide bonds. The van der Waals surface area contributed by atoms with E-state index in [2.05, 4.69) is 10.6 Å². The normalized spacial score (nSPS) is 10.1. The molecule has 2 aromatic rings. The van der Waals surface area contributed by atoms with Crippen LogP contribution in [0.15, 0.2) is 42.5 Å². The number of amides is 2. The topological polar surface area (TPSA) is 137 Å². The van der Waals surface area contributed by atoms with Gasteiger partial charge in [0.2, 0.25) is 5.91 Å². The lowest BCUT2D eigenvalue weighted by molar-refractivity contribution is -0.383. The van der Waals surface area contributed by atoms with Gasteiger partial charge in [0, 0.05) is 29.3 Å². The predicted octanol–water partition coefficient (Wildman–Crippen LogP) is 3.16. The van der Waals surface area contributed by atoms with E-state index in [-0.39, 0.29) is 24.2 Å². The van der Waals surface area contributed by atoms with Crippen molar-refractivity contribution in [1.29, 1.82) is 0 Å². The molecule has 0 aliphatic rings. The van der Waals surface area contributed by atoms with Crippen LogP contribution in [-0.4, -0.2) is 36.4 Å². The minimum absolute atomic E-state index is 0.0960. The van der Waals surface area contributed by atoms with Crippen molar-refractivity contribution in [2.24, 2.45) is 0 Å². The molecule has 0 heterocycles. The molecule has 2 rings (SSSR count). The predicted molar refractivity (Wildman–Crippen MR) is 109 cm³/mol. The van der Waals surface area contributed by atoms with Crippen molar-refractivity contribution >= 4 is 46.4 Å².